The molecule has 2 heterocycles. The van der Waals surface area contributed by atoms with E-state index in [9.17, 15) is 9.18 Å². The Kier molecular flexibility index (Phi) is 3.58. The Labute approximate surface area is 137 Å². The number of hydrogen-bond donors (Lipinski definition) is 0. The molecule has 0 aliphatic carbocycles. The molecule has 1 atom stereocenters. The standard InChI is InChI=1S/C18H15FN2OS/c19-13-6-3-5-12(11-13)18(22)21-10-4-8-15(21)17-20-14-7-1-2-9-16(14)23-17/h1-3,5-7,9,11,15H,4,8,10H2/t15-/m0/s1. The van der Waals surface area contributed by atoms with Crippen LogP contribution in [0.2, 0.25) is 0 Å². The molecule has 1 amide bonds. The van der Waals surface area contributed by atoms with Gasteiger partial charge in [0.15, 0.2) is 0 Å². The van der Waals surface area contributed by atoms with E-state index in [2.05, 4.69) is 4.98 Å². The number of aromatic nitrogens is 1. The van der Waals surface area contributed by atoms with Crippen molar-refractivity contribution in [3.63, 3.8) is 0 Å². The highest BCUT2D eigenvalue weighted by atomic mass is 32.1. The van der Waals surface area contributed by atoms with Crippen LogP contribution in [0.3, 0.4) is 0 Å². The van der Waals surface area contributed by atoms with Gasteiger partial charge in [-0.2, -0.15) is 0 Å². The third kappa shape index (κ3) is 2.61. The summed E-state index contributed by atoms with van der Waals surface area (Å²) >= 11 is 1.63. The zero-order valence-electron chi connectivity index (χ0n) is 12.4. The highest BCUT2D eigenvalue weighted by Gasteiger charge is 2.32. The summed E-state index contributed by atoms with van der Waals surface area (Å²) in [7, 11) is 0. The number of carbonyl (C=O) groups is 1. The molecule has 1 saturated heterocycles. The van der Waals surface area contributed by atoms with Crippen LogP contribution in [0.5, 0.6) is 0 Å². The van der Waals surface area contributed by atoms with Gasteiger partial charge in [-0.3, -0.25) is 4.79 Å². The molecule has 1 aliphatic rings. The lowest BCUT2D eigenvalue weighted by molar-refractivity contribution is 0.0735. The second kappa shape index (κ2) is 5.74. The minimum absolute atomic E-state index is 0.0110. The van der Waals surface area contributed by atoms with E-state index in [0.29, 0.717) is 12.1 Å². The Morgan fingerprint density at radius 3 is 2.91 bits per heavy atom. The third-order valence-corrected chi connectivity index (χ3v) is 5.32. The first-order valence-electron chi connectivity index (χ1n) is 7.64. The van der Waals surface area contributed by atoms with Crippen LogP contribution in [0.25, 0.3) is 10.2 Å². The van der Waals surface area contributed by atoms with E-state index in [0.717, 1.165) is 28.1 Å². The van der Waals surface area contributed by atoms with Crippen LogP contribution >= 0.6 is 11.3 Å². The van der Waals surface area contributed by atoms with Gasteiger partial charge in [0.1, 0.15) is 10.8 Å². The van der Waals surface area contributed by atoms with E-state index in [1.165, 1.54) is 12.1 Å². The van der Waals surface area contributed by atoms with Crippen molar-refractivity contribution < 1.29 is 9.18 Å². The van der Waals surface area contributed by atoms with Crippen molar-refractivity contribution >= 4 is 27.5 Å². The van der Waals surface area contributed by atoms with Crippen molar-refractivity contribution in [1.82, 2.24) is 9.88 Å². The second-order valence-corrected chi connectivity index (χ2v) is 6.75. The van der Waals surface area contributed by atoms with Gasteiger partial charge in [-0.05, 0) is 43.2 Å². The van der Waals surface area contributed by atoms with E-state index in [-0.39, 0.29) is 17.8 Å². The van der Waals surface area contributed by atoms with Crippen LogP contribution in [0, 0.1) is 5.82 Å². The van der Waals surface area contributed by atoms with Gasteiger partial charge in [0.25, 0.3) is 5.91 Å². The van der Waals surface area contributed by atoms with E-state index < -0.39 is 0 Å². The minimum Gasteiger partial charge on any atom is -0.329 e. The lowest BCUT2D eigenvalue weighted by Gasteiger charge is -2.23. The predicted molar refractivity (Wildman–Crippen MR) is 89.0 cm³/mol. The predicted octanol–water partition coefficient (Wildman–Crippen LogP) is 4.41. The molecule has 4 rings (SSSR count). The highest BCUT2D eigenvalue weighted by Crippen LogP contribution is 2.37. The maximum Gasteiger partial charge on any atom is 0.254 e. The van der Waals surface area contributed by atoms with Gasteiger partial charge >= 0.3 is 0 Å². The molecule has 23 heavy (non-hydrogen) atoms. The topological polar surface area (TPSA) is 33.2 Å². The van der Waals surface area contributed by atoms with Crippen LogP contribution < -0.4 is 0 Å². The molecule has 5 heteroatoms. The van der Waals surface area contributed by atoms with E-state index in [1.807, 2.05) is 29.2 Å². The molecule has 0 unspecified atom stereocenters. The summed E-state index contributed by atoms with van der Waals surface area (Å²) in [5.74, 6) is -0.502. The highest BCUT2D eigenvalue weighted by molar-refractivity contribution is 7.18. The first-order valence-corrected chi connectivity index (χ1v) is 8.46. The molecular formula is C18H15FN2OS. The lowest BCUT2D eigenvalue weighted by Crippen LogP contribution is -2.30. The quantitative estimate of drug-likeness (QED) is 0.699. The number of likely N-dealkylation sites (tertiary alicyclic amines) is 1. The van der Waals surface area contributed by atoms with Crippen molar-refractivity contribution in [2.24, 2.45) is 0 Å². The maximum absolute atomic E-state index is 13.4. The molecule has 0 radical (unpaired) electrons. The molecule has 2 aromatic carbocycles. The average molecular weight is 326 g/mol. The monoisotopic (exact) mass is 326 g/mol. The van der Waals surface area contributed by atoms with Gasteiger partial charge in [0.2, 0.25) is 0 Å². The van der Waals surface area contributed by atoms with E-state index in [1.54, 1.807) is 23.5 Å². The summed E-state index contributed by atoms with van der Waals surface area (Å²) in [6.45, 7) is 0.690. The Balaban J connectivity index is 1.67. The number of rotatable bonds is 2. The summed E-state index contributed by atoms with van der Waals surface area (Å²) < 4.78 is 14.5. The van der Waals surface area contributed by atoms with Crippen LogP contribution in [0.15, 0.2) is 48.5 Å². The number of nitrogens with zero attached hydrogens (tertiary/aromatic N) is 2. The molecule has 0 saturated carbocycles. The van der Waals surface area contributed by atoms with E-state index in [4.69, 9.17) is 0 Å². The first-order chi connectivity index (χ1) is 11.2. The molecular weight excluding hydrogens is 311 g/mol. The van der Waals surface area contributed by atoms with Gasteiger partial charge < -0.3 is 4.90 Å². The van der Waals surface area contributed by atoms with Crippen molar-refractivity contribution in [2.75, 3.05) is 6.54 Å². The molecule has 1 fully saturated rings. The zero-order chi connectivity index (χ0) is 15.8. The number of halogens is 1. The molecule has 0 spiro atoms. The van der Waals surface area contributed by atoms with Crippen molar-refractivity contribution in [1.29, 1.82) is 0 Å². The van der Waals surface area contributed by atoms with Gasteiger partial charge in [-0.25, -0.2) is 9.37 Å². The van der Waals surface area contributed by atoms with Gasteiger partial charge in [-0.1, -0.05) is 18.2 Å². The summed E-state index contributed by atoms with van der Waals surface area (Å²) in [6.07, 6.45) is 1.85. The Morgan fingerprint density at radius 1 is 1.22 bits per heavy atom. The van der Waals surface area contributed by atoms with Crippen LogP contribution in [0.1, 0.15) is 34.2 Å². The number of amides is 1. The summed E-state index contributed by atoms with van der Waals surface area (Å²) in [4.78, 5) is 19.2. The fraction of sp³-hybridized carbons (Fsp3) is 0.222. The second-order valence-electron chi connectivity index (χ2n) is 5.69. The fourth-order valence-electron chi connectivity index (χ4n) is 3.09. The molecule has 0 N–H and O–H groups in total. The number of hydrogen-bond acceptors (Lipinski definition) is 3. The molecule has 3 aromatic rings. The first kappa shape index (κ1) is 14.3. The fourth-order valence-corrected chi connectivity index (χ4v) is 4.20. The van der Waals surface area contributed by atoms with Crippen LogP contribution in [0.4, 0.5) is 4.39 Å². The SMILES string of the molecule is O=C(c1cccc(F)c1)N1CCC[C@H]1c1nc2ccccc2s1. The number of fused-ring (bicyclic) bond motifs is 1. The van der Waals surface area contributed by atoms with Crippen LogP contribution in [-0.2, 0) is 0 Å². The maximum atomic E-state index is 13.4. The largest absolute Gasteiger partial charge is 0.329 e. The third-order valence-electron chi connectivity index (χ3n) is 4.18. The Hall–Kier alpha value is -2.27. The van der Waals surface area contributed by atoms with E-state index >= 15 is 0 Å². The number of para-hydroxylation sites is 1. The van der Waals surface area contributed by atoms with Crippen LogP contribution in [-0.4, -0.2) is 22.3 Å². The Bertz CT molecular complexity index is 843. The summed E-state index contributed by atoms with van der Waals surface area (Å²) in [6, 6.07) is 13.9. The van der Waals surface area contributed by atoms with Crippen molar-refractivity contribution in [3.8, 4) is 0 Å². The lowest BCUT2D eigenvalue weighted by atomic mass is 10.1. The normalized spacial score (nSPS) is 17.8. The zero-order valence-corrected chi connectivity index (χ0v) is 13.2. The summed E-state index contributed by atoms with van der Waals surface area (Å²) in [5, 5.41) is 0.966. The smallest absolute Gasteiger partial charge is 0.254 e. The molecule has 3 nitrogen and oxygen atoms in total. The molecule has 1 aliphatic heterocycles. The molecule has 1 aromatic heterocycles. The summed E-state index contributed by atoms with van der Waals surface area (Å²) in [5.41, 5.74) is 1.37. The number of carbonyl (C=O) groups excluding carboxylic acids is 1. The number of benzene rings is 2. The average Bonchev–Trinajstić information content (AvgIpc) is 3.20. The van der Waals surface area contributed by atoms with Gasteiger partial charge in [0.05, 0.1) is 16.3 Å². The molecule has 116 valence electrons. The van der Waals surface area contributed by atoms with Gasteiger partial charge in [-0.15, -0.1) is 11.3 Å². The van der Waals surface area contributed by atoms with Crippen molar-refractivity contribution in [2.45, 2.75) is 18.9 Å². The Morgan fingerprint density at radius 2 is 2.09 bits per heavy atom. The molecule has 0 bridgehead atoms. The van der Waals surface area contributed by atoms with Gasteiger partial charge in [0, 0.05) is 12.1 Å². The number of thiazole rings is 1. The minimum atomic E-state index is -0.383. The van der Waals surface area contributed by atoms with Crippen molar-refractivity contribution in [3.05, 3.63) is 64.9 Å².